The topological polar surface area (TPSA) is 55.2 Å². The van der Waals surface area contributed by atoms with Gasteiger partial charge in [0.15, 0.2) is 5.82 Å². The van der Waals surface area contributed by atoms with Gasteiger partial charge in [-0.2, -0.15) is 0 Å². The molecule has 1 aliphatic carbocycles. The standard InChI is InChI=1S/C17H28N2O2/c1-6-21-17(9-7-16(4,5)8-10-17)15-18-11-14(13(3)20)12(2)19-15/h11,13,20H,6-10H2,1-5H3. The first-order chi connectivity index (χ1) is 9.80. The number of nitrogens with zero attached hydrogens (tertiary/aromatic N) is 2. The van der Waals surface area contributed by atoms with Crippen LogP contribution in [-0.2, 0) is 10.3 Å². The van der Waals surface area contributed by atoms with Gasteiger partial charge in [-0.1, -0.05) is 13.8 Å². The third-order valence-electron chi connectivity index (χ3n) is 4.71. The van der Waals surface area contributed by atoms with Gasteiger partial charge in [-0.3, -0.25) is 0 Å². The van der Waals surface area contributed by atoms with Crippen LogP contribution >= 0.6 is 0 Å². The van der Waals surface area contributed by atoms with Gasteiger partial charge in [-0.15, -0.1) is 0 Å². The first-order valence-electron chi connectivity index (χ1n) is 7.96. The quantitative estimate of drug-likeness (QED) is 0.920. The van der Waals surface area contributed by atoms with Crippen LogP contribution in [0.5, 0.6) is 0 Å². The summed E-state index contributed by atoms with van der Waals surface area (Å²) in [5.74, 6) is 0.779. The molecular formula is C17H28N2O2. The Labute approximate surface area is 128 Å². The van der Waals surface area contributed by atoms with Gasteiger partial charge in [0.25, 0.3) is 0 Å². The molecule has 1 N–H and O–H groups in total. The van der Waals surface area contributed by atoms with E-state index in [2.05, 4.69) is 23.8 Å². The van der Waals surface area contributed by atoms with Crippen LogP contribution in [0.4, 0.5) is 0 Å². The molecule has 2 rings (SSSR count). The number of hydrogen-bond donors (Lipinski definition) is 1. The summed E-state index contributed by atoms with van der Waals surface area (Å²) in [6.45, 7) is 11.0. The van der Waals surface area contributed by atoms with Crippen LogP contribution in [0.2, 0.25) is 0 Å². The highest BCUT2D eigenvalue weighted by molar-refractivity contribution is 5.20. The Hall–Kier alpha value is -1.00. The van der Waals surface area contributed by atoms with Gasteiger partial charge in [0.05, 0.1) is 6.10 Å². The monoisotopic (exact) mass is 292 g/mol. The van der Waals surface area contributed by atoms with Crippen molar-refractivity contribution in [2.75, 3.05) is 6.61 Å². The Bertz CT molecular complexity index is 488. The van der Waals surface area contributed by atoms with Crippen molar-refractivity contribution < 1.29 is 9.84 Å². The summed E-state index contributed by atoms with van der Waals surface area (Å²) in [4.78, 5) is 9.19. The summed E-state index contributed by atoms with van der Waals surface area (Å²) in [7, 11) is 0. The molecule has 0 aliphatic heterocycles. The molecule has 21 heavy (non-hydrogen) atoms. The van der Waals surface area contributed by atoms with Crippen molar-refractivity contribution in [2.24, 2.45) is 5.41 Å². The molecular weight excluding hydrogens is 264 g/mol. The molecule has 0 spiro atoms. The van der Waals surface area contributed by atoms with Gasteiger partial charge in [0.2, 0.25) is 0 Å². The lowest BCUT2D eigenvalue weighted by atomic mass is 9.70. The van der Waals surface area contributed by atoms with Crippen LogP contribution in [0, 0.1) is 12.3 Å². The summed E-state index contributed by atoms with van der Waals surface area (Å²) in [6.07, 6.45) is 5.37. The van der Waals surface area contributed by atoms with Crippen molar-refractivity contribution in [3.63, 3.8) is 0 Å². The molecule has 4 nitrogen and oxygen atoms in total. The normalized spacial score (nSPS) is 22.0. The Morgan fingerprint density at radius 3 is 2.38 bits per heavy atom. The number of aromatic nitrogens is 2. The molecule has 1 aromatic rings. The highest BCUT2D eigenvalue weighted by atomic mass is 16.5. The smallest absolute Gasteiger partial charge is 0.160 e. The maximum Gasteiger partial charge on any atom is 0.160 e. The molecule has 0 bridgehead atoms. The maximum atomic E-state index is 9.73. The van der Waals surface area contributed by atoms with E-state index < -0.39 is 6.10 Å². The van der Waals surface area contributed by atoms with E-state index in [1.54, 1.807) is 13.1 Å². The SMILES string of the molecule is CCOC1(c2ncc(C(C)O)c(C)n2)CCC(C)(C)CC1. The molecule has 0 amide bonds. The van der Waals surface area contributed by atoms with E-state index >= 15 is 0 Å². The summed E-state index contributed by atoms with van der Waals surface area (Å²) in [5, 5.41) is 9.73. The molecule has 1 saturated carbocycles. The van der Waals surface area contributed by atoms with Gasteiger partial charge in [0, 0.05) is 24.1 Å². The molecule has 1 fully saturated rings. The van der Waals surface area contributed by atoms with Gasteiger partial charge in [0.1, 0.15) is 5.60 Å². The molecule has 118 valence electrons. The Balaban J connectivity index is 2.33. The maximum absolute atomic E-state index is 9.73. The number of aliphatic hydroxyl groups is 1. The minimum atomic E-state index is -0.535. The van der Waals surface area contributed by atoms with E-state index in [1.165, 1.54) is 0 Å². The number of rotatable bonds is 4. The fourth-order valence-corrected chi connectivity index (χ4v) is 3.15. The Morgan fingerprint density at radius 1 is 1.29 bits per heavy atom. The second-order valence-electron chi connectivity index (χ2n) is 7.00. The highest BCUT2D eigenvalue weighted by Crippen LogP contribution is 2.46. The van der Waals surface area contributed by atoms with Crippen molar-refractivity contribution in [2.45, 2.75) is 72.0 Å². The van der Waals surface area contributed by atoms with E-state index in [-0.39, 0.29) is 5.60 Å². The van der Waals surface area contributed by atoms with Crippen LogP contribution in [0.15, 0.2) is 6.20 Å². The van der Waals surface area contributed by atoms with Crippen molar-refractivity contribution in [3.05, 3.63) is 23.3 Å². The predicted molar refractivity (Wildman–Crippen MR) is 83.0 cm³/mol. The Morgan fingerprint density at radius 2 is 1.90 bits per heavy atom. The minimum Gasteiger partial charge on any atom is -0.389 e. The van der Waals surface area contributed by atoms with Gasteiger partial charge in [-0.25, -0.2) is 9.97 Å². The molecule has 1 atom stereocenters. The zero-order chi connectivity index (χ0) is 15.7. The van der Waals surface area contributed by atoms with Crippen molar-refractivity contribution >= 4 is 0 Å². The number of aliphatic hydroxyl groups excluding tert-OH is 1. The largest absolute Gasteiger partial charge is 0.389 e. The summed E-state index contributed by atoms with van der Waals surface area (Å²) < 4.78 is 6.12. The van der Waals surface area contributed by atoms with E-state index in [0.717, 1.165) is 42.8 Å². The highest BCUT2D eigenvalue weighted by Gasteiger charge is 2.42. The van der Waals surface area contributed by atoms with Crippen molar-refractivity contribution in [3.8, 4) is 0 Å². The molecule has 1 unspecified atom stereocenters. The number of hydrogen-bond acceptors (Lipinski definition) is 4. The number of ether oxygens (including phenoxy) is 1. The first-order valence-corrected chi connectivity index (χ1v) is 7.96. The summed E-state index contributed by atoms with van der Waals surface area (Å²) >= 11 is 0. The van der Waals surface area contributed by atoms with Crippen LogP contribution in [0.1, 0.15) is 76.6 Å². The number of aryl methyl sites for hydroxylation is 1. The fraction of sp³-hybridized carbons (Fsp3) is 0.765. The van der Waals surface area contributed by atoms with Crippen molar-refractivity contribution in [1.29, 1.82) is 0 Å². The lowest BCUT2D eigenvalue weighted by Gasteiger charge is -2.42. The van der Waals surface area contributed by atoms with E-state index in [9.17, 15) is 5.11 Å². The van der Waals surface area contributed by atoms with Crippen LogP contribution in [-0.4, -0.2) is 21.7 Å². The first kappa shape index (κ1) is 16.4. The van der Waals surface area contributed by atoms with Gasteiger partial charge >= 0.3 is 0 Å². The zero-order valence-electron chi connectivity index (χ0n) is 13.9. The second-order valence-corrected chi connectivity index (χ2v) is 7.00. The van der Waals surface area contributed by atoms with Gasteiger partial charge < -0.3 is 9.84 Å². The average Bonchev–Trinajstić information content (AvgIpc) is 2.41. The average molecular weight is 292 g/mol. The van der Waals surface area contributed by atoms with E-state index in [4.69, 9.17) is 4.74 Å². The molecule has 1 heterocycles. The zero-order valence-corrected chi connectivity index (χ0v) is 13.9. The van der Waals surface area contributed by atoms with Crippen LogP contribution in [0.25, 0.3) is 0 Å². The molecule has 0 radical (unpaired) electrons. The molecule has 0 saturated heterocycles. The second kappa shape index (κ2) is 6.01. The third kappa shape index (κ3) is 3.43. The predicted octanol–water partition coefficient (Wildman–Crippen LogP) is 3.67. The van der Waals surface area contributed by atoms with Gasteiger partial charge in [-0.05, 0) is 51.9 Å². The van der Waals surface area contributed by atoms with Crippen molar-refractivity contribution in [1.82, 2.24) is 9.97 Å². The third-order valence-corrected chi connectivity index (χ3v) is 4.71. The molecule has 1 aliphatic rings. The summed E-state index contributed by atoms with van der Waals surface area (Å²) in [5.41, 5.74) is 1.65. The Kier molecular flexibility index (Phi) is 4.69. The lowest BCUT2D eigenvalue weighted by molar-refractivity contribution is -0.0949. The molecule has 4 heteroatoms. The lowest BCUT2D eigenvalue weighted by Crippen LogP contribution is -2.39. The van der Waals surface area contributed by atoms with Crippen LogP contribution in [0.3, 0.4) is 0 Å². The molecule has 0 aromatic carbocycles. The molecule has 1 aromatic heterocycles. The summed E-state index contributed by atoms with van der Waals surface area (Å²) in [6, 6.07) is 0. The van der Waals surface area contributed by atoms with E-state index in [0.29, 0.717) is 12.0 Å². The van der Waals surface area contributed by atoms with Crippen LogP contribution < -0.4 is 0 Å². The van der Waals surface area contributed by atoms with E-state index in [1.807, 2.05) is 13.8 Å². The fourth-order valence-electron chi connectivity index (χ4n) is 3.15. The minimum absolute atomic E-state index is 0.355.